The van der Waals surface area contributed by atoms with E-state index in [9.17, 15) is 0 Å². The van der Waals surface area contributed by atoms with E-state index in [0.29, 0.717) is 6.61 Å². The molecule has 0 bridgehead atoms. The summed E-state index contributed by atoms with van der Waals surface area (Å²) in [4.78, 5) is 4.72. The number of hydrogen-bond acceptors (Lipinski definition) is 3. The quantitative estimate of drug-likeness (QED) is 0.748. The molecule has 0 fully saturated rings. The molecule has 0 aliphatic heterocycles. The highest BCUT2D eigenvalue weighted by atomic mass is 16.5. The molecule has 0 saturated carbocycles. The lowest BCUT2D eigenvalue weighted by atomic mass is 9.96. The van der Waals surface area contributed by atoms with Crippen LogP contribution in [0.4, 0.5) is 0 Å². The second-order valence-corrected chi connectivity index (χ2v) is 5.19. The summed E-state index contributed by atoms with van der Waals surface area (Å²) < 4.78 is 11.2. The van der Waals surface area contributed by atoms with Gasteiger partial charge >= 0.3 is 0 Å². The Balaban J connectivity index is 2.71. The molecule has 114 valence electrons. The number of pyridine rings is 1. The summed E-state index contributed by atoms with van der Waals surface area (Å²) >= 11 is 0. The Morgan fingerprint density at radius 3 is 2.33 bits per heavy atom. The number of benzene rings is 1. The van der Waals surface area contributed by atoms with Crippen LogP contribution in [0, 0.1) is 0 Å². The van der Waals surface area contributed by atoms with Gasteiger partial charge in [0.05, 0.1) is 19.2 Å². The number of rotatable bonds is 7. The fraction of sp³-hybridized carbons (Fsp3) is 0.500. The largest absolute Gasteiger partial charge is 0.497 e. The molecule has 0 radical (unpaired) electrons. The topological polar surface area (TPSA) is 31.4 Å². The summed E-state index contributed by atoms with van der Waals surface area (Å²) in [5.41, 5.74) is 3.62. The van der Waals surface area contributed by atoms with Gasteiger partial charge in [0.25, 0.3) is 0 Å². The lowest BCUT2D eigenvalue weighted by Crippen LogP contribution is -2.05. The zero-order chi connectivity index (χ0) is 15.2. The maximum Gasteiger partial charge on any atom is 0.217 e. The molecule has 3 nitrogen and oxygen atoms in total. The molecule has 1 heterocycles. The number of aryl methyl sites for hydroxylation is 1. The van der Waals surface area contributed by atoms with Gasteiger partial charge in [-0.2, -0.15) is 0 Å². The van der Waals surface area contributed by atoms with Crippen LogP contribution in [-0.4, -0.2) is 18.7 Å². The van der Waals surface area contributed by atoms with Crippen LogP contribution in [0.1, 0.15) is 44.7 Å². The summed E-state index contributed by atoms with van der Waals surface area (Å²) in [5, 5.41) is 1.20. The zero-order valence-corrected chi connectivity index (χ0v) is 13.5. The molecule has 0 spiro atoms. The highest BCUT2D eigenvalue weighted by molar-refractivity contribution is 5.85. The van der Waals surface area contributed by atoms with Gasteiger partial charge in [-0.3, -0.25) is 0 Å². The van der Waals surface area contributed by atoms with Crippen LogP contribution >= 0.6 is 0 Å². The third-order valence-corrected chi connectivity index (χ3v) is 3.65. The van der Waals surface area contributed by atoms with E-state index in [1.54, 1.807) is 7.11 Å². The fourth-order valence-corrected chi connectivity index (χ4v) is 2.75. The first-order valence-electron chi connectivity index (χ1n) is 7.87. The smallest absolute Gasteiger partial charge is 0.217 e. The molecule has 3 heteroatoms. The van der Waals surface area contributed by atoms with E-state index in [4.69, 9.17) is 14.5 Å². The van der Waals surface area contributed by atoms with Crippen LogP contribution in [0.2, 0.25) is 0 Å². The van der Waals surface area contributed by atoms with E-state index in [2.05, 4.69) is 19.9 Å². The van der Waals surface area contributed by atoms with E-state index in [1.165, 1.54) is 16.5 Å². The molecule has 0 atom stereocenters. The summed E-state index contributed by atoms with van der Waals surface area (Å²) in [5.74, 6) is 1.69. The Hall–Kier alpha value is -1.77. The van der Waals surface area contributed by atoms with E-state index in [0.717, 1.165) is 42.8 Å². The van der Waals surface area contributed by atoms with Crippen LogP contribution in [-0.2, 0) is 12.8 Å². The number of ether oxygens (including phenoxy) is 2. The van der Waals surface area contributed by atoms with Crippen LogP contribution in [0.25, 0.3) is 10.9 Å². The SMILES string of the molecule is CCCc1c(OCC)nc2ccc(OC)cc2c1CCC. The number of aromatic nitrogens is 1. The number of hydrogen-bond donors (Lipinski definition) is 0. The van der Waals surface area contributed by atoms with Gasteiger partial charge in [0.2, 0.25) is 5.88 Å². The van der Waals surface area contributed by atoms with Gasteiger partial charge in [-0.15, -0.1) is 0 Å². The molecule has 21 heavy (non-hydrogen) atoms. The van der Waals surface area contributed by atoms with Crippen LogP contribution in [0.15, 0.2) is 18.2 Å². The number of methoxy groups -OCH3 is 1. The highest BCUT2D eigenvalue weighted by Crippen LogP contribution is 2.32. The standard InChI is InChI=1S/C18H25NO2/c1-5-8-14-15(9-6-2)18(21-7-3)19-17-11-10-13(20-4)12-16(14)17/h10-12H,5-9H2,1-4H3. The van der Waals surface area contributed by atoms with Crippen molar-refractivity contribution in [3.63, 3.8) is 0 Å². The molecule has 1 aromatic carbocycles. The predicted octanol–water partition coefficient (Wildman–Crippen LogP) is 4.55. The minimum Gasteiger partial charge on any atom is -0.497 e. The molecule has 0 aliphatic carbocycles. The first-order chi connectivity index (χ1) is 10.2. The van der Waals surface area contributed by atoms with Crippen molar-refractivity contribution in [1.82, 2.24) is 4.98 Å². The Labute approximate surface area is 127 Å². The average Bonchev–Trinajstić information content (AvgIpc) is 2.50. The molecule has 0 saturated heterocycles. The summed E-state index contributed by atoms with van der Waals surface area (Å²) in [7, 11) is 1.70. The van der Waals surface area contributed by atoms with Crippen LogP contribution in [0.5, 0.6) is 11.6 Å². The second-order valence-electron chi connectivity index (χ2n) is 5.19. The van der Waals surface area contributed by atoms with Gasteiger partial charge in [-0.1, -0.05) is 26.7 Å². The molecule has 0 amide bonds. The van der Waals surface area contributed by atoms with Crippen molar-refractivity contribution in [2.45, 2.75) is 46.5 Å². The number of fused-ring (bicyclic) bond motifs is 1. The maximum atomic E-state index is 5.80. The maximum absolute atomic E-state index is 5.80. The van der Waals surface area contributed by atoms with Crippen LogP contribution in [0.3, 0.4) is 0 Å². The molecule has 1 aromatic heterocycles. The van der Waals surface area contributed by atoms with Crippen molar-refractivity contribution in [3.05, 3.63) is 29.3 Å². The van der Waals surface area contributed by atoms with E-state index in [-0.39, 0.29) is 0 Å². The third-order valence-electron chi connectivity index (χ3n) is 3.65. The summed E-state index contributed by atoms with van der Waals surface area (Å²) in [6.07, 6.45) is 4.25. The van der Waals surface area contributed by atoms with Crippen molar-refractivity contribution in [1.29, 1.82) is 0 Å². The van der Waals surface area contributed by atoms with Crippen molar-refractivity contribution < 1.29 is 9.47 Å². The molecule has 0 N–H and O–H groups in total. The predicted molar refractivity (Wildman–Crippen MR) is 87.5 cm³/mol. The molecule has 2 rings (SSSR count). The molecule has 2 aromatic rings. The van der Waals surface area contributed by atoms with E-state index >= 15 is 0 Å². The summed E-state index contributed by atoms with van der Waals surface area (Å²) in [6, 6.07) is 6.08. The first kappa shape index (κ1) is 15.6. The van der Waals surface area contributed by atoms with Crippen molar-refractivity contribution in [2.24, 2.45) is 0 Å². The fourth-order valence-electron chi connectivity index (χ4n) is 2.75. The first-order valence-corrected chi connectivity index (χ1v) is 7.87. The van der Waals surface area contributed by atoms with Crippen molar-refractivity contribution in [3.8, 4) is 11.6 Å². The van der Waals surface area contributed by atoms with E-state index < -0.39 is 0 Å². The van der Waals surface area contributed by atoms with Gasteiger partial charge in [0, 0.05) is 10.9 Å². The Bertz CT molecular complexity index is 608. The zero-order valence-electron chi connectivity index (χ0n) is 13.5. The summed E-state index contributed by atoms with van der Waals surface area (Å²) in [6.45, 7) is 7.07. The molecular weight excluding hydrogens is 262 g/mol. The molecule has 0 aliphatic rings. The molecular formula is C18H25NO2. The lowest BCUT2D eigenvalue weighted by molar-refractivity contribution is 0.323. The van der Waals surface area contributed by atoms with Gasteiger partial charge in [-0.05, 0) is 43.5 Å². The van der Waals surface area contributed by atoms with Crippen LogP contribution < -0.4 is 9.47 Å². The Morgan fingerprint density at radius 1 is 1.00 bits per heavy atom. The van der Waals surface area contributed by atoms with Gasteiger partial charge in [0.15, 0.2) is 0 Å². The van der Waals surface area contributed by atoms with Gasteiger partial charge in [0.1, 0.15) is 5.75 Å². The normalized spacial score (nSPS) is 10.9. The van der Waals surface area contributed by atoms with Crippen molar-refractivity contribution in [2.75, 3.05) is 13.7 Å². The van der Waals surface area contributed by atoms with Gasteiger partial charge in [-0.25, -0.2) is 4.98 Å². The minimum absolute atomic E-state index is 0.650. The highest BCUT2D eigenvalue weighted by Gasteiger charge is 2.15. The minimum atomic E-state index is 0.650. The number of nitrogens with zero attached hydrogens (tertiary/aromatic N) is 1. The lowest BCUT2D eigenvalue weighted by Gasteiger charge is -2.17. The third kappa shape index (κ3) is 3.29. The van der Waals surface area contributed by atoms with E-state index in [1.807, 2.05) is 19.1 Å². The Morgan fingerprint density at radius 2 is 1.71 bits per heavy atom. The Kier molecular flexibility index (Phi) is 5.43. The molecule has 0 unspecified atom stereocenters. The average molecular weight is 287 g/mol. The monoisotopic (exact) mass is 287 g/mol. The van der Waals surface area contributed by atoms with Gasteiger partial charge < -0.3 is 9.47 Å². The second kappa shape index (κ2) is 7.30. The van der Waals surface area contributed by atoms with Crippen molar-refractivity contribution >= 4 is 10.9 Å².